The van der Waals surface area contributed by atoms with Crippen molar-refractivity contribution in [2.24, 2.45) is 0 Å². The van der Waals surface area contributed by atoms with Crippen LogP contribution in [-0.4, -0.2) is 30.0 Å². The number of rotatable bonds is 3. The number of tetrazole rings is 1. The van der Waals surface area contributed by atoms with Crippen LogP contribution in [0, 0.1) is 18.5 Å². The summed E-state index contributed by atoms with van der Waals surface area (Å²) >= 11 is 5.56. The molecule has 0 aliphatic heterocycles. The normalized spacial score (nSPS) is 11.3. The van der Waals surface area contributed by atoms with Crippen molar-refractivity contribution in [1.29, 1.82) is 0 Å². The van der Waals surface area contributed by atoms with Crippen molar-refractivity contribution in [2.45, 2.75) is 33.7 Å². The third kappa shape index (κ3) is 2.48. The fraction of sp³-hybridized carbons (Fsp3) is 0.333. The molecule has 0 unspecified atom stereocenters. The SMILES string of the molecule is Cc1ccc(-n2[nH]cc(-c3nnn(C(C)C)n3)c2=S)cc1C. The number of hydrogen-bond donors (Lipinski definition) is 1. The molecule has 0 saturated carbocycles. The molecule has 2 aromatic heterocycles. The highest BCUT2D eigenvalue weighted by atomic mass is 32.1. The summed E-state index contributed by atoms with van der Waals surface area (Å²) in [5, 5.41) is 15.7. The van der Waals surface area contributed by atoms with Gasteiger partial charge in [0.15, 0.2) is 0 Å². The standard InChI is InChI=1S/C15H18N6S/c1-9(2)21-18-14(17-19-21)13-8-16-20(15(13)22)12-6-5-10(3)11(4)7-12/h5-9,16H,1-4H3. The van der Waals surface area contributed by atoms with Gasteiger partial charge >= 0.3 is 0 Å². The first-order valence-corrected chi connectivity index (χ1v) is 7.56. The highest BCUT2D eigenvalue weighted by Gasteiger charge is 2.13. The van der Waals surface area contributed by atoms with Gasteiger partial charge in [-0.15, -0.1) is 10.2 Å². The molecule has 0 radical (unpaired) electrons. The first-order chi connectivity index (χ1) is 10.5. The van der Waals surface area contributed by atoms with Crippen LogP contribution in [0.25, 0.3) is 17.1 Å². The first kappa shape index (κ1) is 14.6. The van der Waals surface area contributed by atoms with Crippen LogP contribution in [0.2, 0.25) is 0 Å². The zero-order valence-corrected chi connectivity index (χ0v) is 13.8. The summed E-state index contributed by atoms with van der Waals surface area (Å²) in [5.41, 5.74) is 4.25. The summed E-state index contributed by atoms with van der Waals surface area (Å²) in [6.07, 6.45) is 1.82. The number of benzene rings is 1. The number of aromatic nitrogens is 6. The Balaban J connectivity index is 2.04. The van der Waals surface area contributed by atoms with Gasteiger partial charge in [-0.3, -0.25) is 5.10 Å². The Morgan fingerprint density at radius 1 is 1.18 bits per heavy atom. The molecule has 6 nitrogen and oxygen atoms in total. The molecule has 3 rings (SSSR count). The number of hydrogen-bond acceptors (Lipinski definition) is 4. The molecule has 114 valence electrons. The first-order valence-electron chi connectivity index (χ1n) is 7.15. The smallest absolute Gasteiger partial charge is 0.209 e. The average molecular weight is 314 g/mol. The largest absolute Gasteiger partial charge is 0.299 e. The third-order valence-electron chi connectivity index (χ3n) is 3.65. The van der Waals surface area contributed by atoms with E-state index < -0.39 is 0 Å². The van der Waals surface area contributed by atoms with Crippen LogP contribution in [0.4, 0.5) is 0 Å². The summed E-state index contributed by atoms with van der Waals surface area (Å²) in [6, 6.07) is 6.39. The highest BCUT2D eigenvalue weighted by molar-refractivity contribution is 7.71. The van der Waals surface area contributed by atoms with E-state index in [-0.39, 0.29) is 6.04 Å². The van der Waals surface area contributed by atoms with Crippen molar-refractivity contribution in [2.75, 3.05) is 0 Å². The highest BCUT2D eigenvalue weighted by Crippen LogP contribution is 2.20. The molecule has 0 saturated heterocycles. The van der Waals surface area contributed by atoms with Gasteiger partial charge in [0.05, 0.1) is 17.3 Å². The Kier molecular flexibility index (Phi) is 3.66. The Labute approximate surface area is 133 Å². The van der Waals surface area contributed by atoms with Crippen LogP contribution >= 0.6 is 12.2 Å². The molecule has 0 amide bonds. The van der Waals surface area contributed by atoms with Gasteiger partial charge in [-0.05, 0) is 56.2 Å². The van der Waals surface area contributed by atoms with E-state index in [9.17, 15) is 0 Å². The Bertz CT molecular complexity index is 870. The molecule has 0 fully saturated rings. The van der Waals surface area contributed by atoms with Gasteiger partial charge in [-0.2, -0.15) is 4.80 Å². The van der Waals surface area contributed by atoms with Crippen molar-refractivity contribution < 1.29 is 0 Å². The van der Waals surface area contributed by atoms with Gasteiger partial charge in [0.1, 0.15) is 4.64 Å². The van der Waals surface area contributed by atoms with E-state index in [2.05, 4.69) is 46.5 Å². The molecule has 0 aliphatic carbocycles. The number of aromatic amines is 1. The molecular formula is C15H18N6S. The molecule has 0 spiro atoms. The fourth-order valence-corrected chi connectivity index (χ4v) is 2.45. The second-order valence-corrected chi connectivity index (χ2v) is 6.01. The van der Waals surface area contributed by atoms with Gasteiger partial charge in [0.25, 0.3) is 0 Å². The lowest BCUT2D eigenvalue weighted by atomic mass is 10.1. The van der Waals surface area contributed by atoms with Crippen LogP contribution in [0.1, 0.15) is 31.0 Å². The minimum Gasteiger partial charge on any atom is -0.299 e. The van der Waals surface area contributed by atoms with E-state index in [0.717, 1.165) is 11.3 Å². The van der Waals surface area contributed by atoms with E-state index in [0.29, 0.717) is 10.5 Å². The lowest BCUT2D eigenvalue weighted by molar-refractivity contribution is 0.455. The van der Waals surface area contributed by atoms with Gasteiger partial charge < -0.3 is 0 Å². The topological polar surface area (TPSA) is 64.3 Å². The van der Waals surface area contributed by atoms with Crippen LogP contribution in [-0.2, 0) is 0 Å². The zero-order chi connectivity index (χ0) is 15.9. The van der Waals surface area contributed by atoms with E-state index in [1.54, 1.807) is 4.80 Å². The maximum Gasteiger partial charge on any atom is 0.209 e. The molecule has 22 heavy (non-hydrogen) atoms. The Morgan fingerprint density at radius 2 is 1.95 bits per heavy atom. The second kappa shape index (κ2) is 5.49. The van der Waals surface area contributed by atoms with Crippen LogP contribution in [0.3, 0.4) is 0 Å². The molecular weight excluding hydrogens is 296 g/mol. The fourth-order valence-electron chi connectivity index (χ4n) is 2.14. The lowest BCUT2D eigenvalue weighted by Crippen LogP contribution is -2.04. The zero-order valence-electron chi connectivity index (χ0n) is 13.0. The van der Waals surface area contributed by atoms with E-state index in [4.69, 9.17) is 12.2 Å². The summed E-state index contributed by atoms with van der Waals surface area (Å²) in [5.74, 6) is 0.539. The Hall–Kier alpha value is -2.28. The van der Waals surface area contributed by atoms with Gasteiger partial charge in [-0.25, -0.2) is 4.68 Å². The van der Waals surface area contributed by atoms with Gasteiger partial charge in [0, 0.05) is 6.20 Å². The molecule has 2 heterocycles. The predicted octanol–water partition coefficient (Wildman–Crippen LogP) is 3.39. The lowest BCUT2D eigenvalue weighted by Gasteiger charge is -2.06. The number of aryl methyl sites for hydroxylation is 2. The molecule has 7 heteroatoms. The van der Waals surface area contributed by atoms with Crippen LogP contribution in [0.15, 0.2) is 24.4 Å². The minimum atomic E-state index is 0.167. The molecule has 0 bridgehead atoms. The van der Waals surface area contributed by atoms with Crippen molar-refractivity contribution in [3.63, 3.8) is 0 Å². The molecule has 0 aliphatic rings. The summed E-state index contributed by atoms with van der Waals surface area (Å²) in [4.78, 5) is 1.58. The van der Waals surface area contributed by atoms with E-state index in [1.807, 2.05) is 30.8 Å². The number of nitrogens with zero attached hydrogens (tertiary/aromatic N) is 5. The maximum atomic E-state index is 5.56. The summed E-state index contributed by atoms with van der Waals surface area (Å²) < 4.78 is 2.50. The van der Waals surface area contributed by atoms with Gasteiger partial charge in [0.2, 0.25) is 5.82 Å². The van der Waals surface area contributed by atoms with Crippen molar-refractivity contribution in [3.8, 4) is 17.1 Å². The monoisotopic (exact) mass is 314 g/mol. The minimum absolute atomic E-state index is 0.167. The Morgan fingerprint density at radius 3 is 2.59 bits per heavy atom. The van der Waals surface area contributed by atoms with Crippen molar-refractivity contribution in [1.82, 2.24) is 30.0 Å². The van der Waals surface area contributed by atoms with Crippen LogP contribution in [0.5, 0.6) is 0 Å². The molecule has 0 atom stereocenters. The molecule has 1 aromatic carbocycles. The molecule has 3 aromatic rings. The van der Waals surface area contributed by atoms with Crippen molar-refractivity contribution in [3.05, 3.63) is 40.2 Å². The molecule has 1 N–H and O–H groups in total. The second-order valence-electron chi connectivity index (χ2n) is 5.62. The van der Waals surface area contributed by atoms with Gasteiger partial charge in [-0.1, -0.05) is 18.3 Å². The van der Waals surface area contributed by atoms with E-state index >= 15 is 0 Å². The number of H-pyrrole nitrogens is 1. The van der Waals surface area contributed by atoms with Crippen LogP contribution < -0.4 is 0 Å². The van der Waals surface area contributed by atoms with Crippen molar-refractivity contribution >= 4 is 12.2 Å². The third-order valence-corrected chi connectivity index (χ3v) is 4.05. The average Bonchev–Trinajstić information content (AvgIpc) is 3.08. The summed E-state index contributed by atoms with van der Waals surface area (Å²) in [6.45, 7) is 8.19. The maximum absolute atomic E-state index is 5.56. The van der Waals surface area contributed by atoms with E-state index in [1.165, 1.54) is 11.1 Å². The number of nitrogens with one attached hydrogen (secondary N) is 1. The summed E-state index contributed by atoms with van der Waals surface area (Å²) in [7, 11) is 0. The quantitative estimate of drug-likeness (QED) is 0.753. The predicted molar refractivity (Wildman–Crippen MR) is 87.6 cm³/mol.